The molecule has 96 valence electrons. The number of aliphatic carboxylic acids is 1. The van der Waals surface area contributed by atoms with Gasteiger partial charge < -0.3 is 10.4 Å². The minimum Gasteiger partial charge on any atom is -0.481 e. The Hall–Kier alpha value is -1.39. The zero-order valence-electron chi connectivity index (χ0n) is 10.3. The van der Waals surface area contributed by atoms with Gasteiger partial charge in [0.25, 0.3) is 0 Å². The topological polar surface area (TPSA) is 49.3 Å². The molecular formula is C14H17NO2S. The van der Waals surface area contributed by atoms with Crippen LogP contribution in [0.4, 0.5) is 0 Å². The van der Waals surface area contributed by atoms with E-state index in [0.29, 0.717) is 6.42 Å². The van der Waals surface area contributed by atoms with Crippen LogP contribution < -0.4 is 5.32 Å². The maximum absolute atomic E-state index is 10.7. The Bertz CT molecular complexity index is 535. The maximum Gasteiger partial charge on any atom is 0.306 e. The van der Waals surface area contributed by atoms with Gasteiger partial charge in [0.1, 0.15) is 0 Å². The first-order valence-corrected chi connectivity index (χ1v) is 6.95. The van der Waals surface area contributed by atoms with Crippen LogP contribution >= 0.6 is 11.3 Å². The molecule has 0 saturated heterocycles. The van der Waals surface area contributed by atoms with Gasteiger partial charge in [0, 0.05) is 11.2 Å². The summed E-state index contributed by atoms with van der Waals surface area (Å²) in [6, 6.07) is 8.34. The molecule has 0 bridgehead atoms. The number of carboxylic acid groups (broad SMARTS) is 1. The molecule has 1 aromatic heterocycles. The average molecular weight is 263 g/mol. The third-order valence-electron chi connectivity index (χ3n) is 3.05. The first-order valence-electron chi connectivity index (χ1n) is 6.07. The van der Waals surface area contributed by atoms with Crippen molar-refractivity contribution >= 4 is 27.4 Å². The fourth-order valence-corrected chi connectivity index (χ4v) is 2.80. The first-order chi connectivity index (χ1) is 8.68. The first kappa shape index (κ1) is 13.1. The Morgan fingerprint density at radius 1 is 1.44 bits per heavy atom. The lowest BCUT2D eigenvalue weighted by molar-refractivity contribution is -0.141. The van der Waals surface area contributed by atoms with Gasteiger partial charge in [-0.15, -0.1) is 11.3 Å². The predicted molar refractivity (Wildman–Crippen MR) is 74.9 cm³/mol. The van der Waals surface area contributed by atoms with Gasteiger partial charge in [-0.1, -0.05) is 25.1 Å². The molecule has 1 aromatic carbocycles. The normalized spacial score (nSPS) is 12.7. The highest BCUT2D eigenvalue weighted by molar-refractivity contribution is 7.17. The number of thiophene rings is 1. The number of benzene rings is 1. The van der Waals surface area contributed by atoms with Crippen molar-refractivity contribution in [3.05, 3.63) is 35.2 Å². The molecule has 3 nitrogen and oxygen atoms in total. The fraction of sp³-hybridized carbons (Fsp3) is 0.357. The second-order valence-electron chi connectivity index (χ2n) is 4.46. The van der Waals surface area contributed by atoms with Gasteiger partial charge in [0.15, 0.2) is 0 Å². The van der Waals surface area contributed by atoms with E-state index < -0.39 is 5.97 Å². The van der Waals surface area contributed by atoms with Crippen molar-refractivity contribution in [3.8, 4) is 0 Å². The molecule has 4 heteroatoms. The summed E-state index contributed by atoms with van der Waals surface area (Å²) in [5.74, 6) is -1.01. The van der Waals surface area contributed by atoms with E-state index in [1.807, 2.05) is 12.1 Å². The van der Waals surface area contributed by atoms with Crippen LogP contribution in [0.2, 0.25) is 0 Å². The molecule has 0 aliphatic heterocycles. The van der Waals surface area contributed by atoms with Crippen LogP contribution in [0.5, 0.6) is 0 Å². The molecule has 1 heterocycles. The second kappa shape index (κ2) is 5.98. The Morgan fingerprint density at radius 2 is 2.22 bits per heavy atom. The summed E-state index contributed by atoms with van der Waals surface area (Å²) >= 11 is 1.75. The molecular weight excluding hydrogens is 246 g/mol. The third kappa shape index (κ3) is 3.09. The van der Waals surface area contributed by atoms with Crippen molar-refractivity contribution in [1.29, 1.82) is 0 Å². The lowest BCUT2D eigenvalue weighted by Crippen LogP contribution is -2.20. The molecule has 0 spiro atoms. The van der Waals surface area contributed by atoms with Crippen LogP contribution in [-0.2, 0) is 11.3 Å². The van der Waals surface area contributed by atoms with Gasteiger partial charge in [-0.2, -0.15) is 0 Å². The second-order valence-corrected chi connectivity index (χ2v) is 5.37. The Balaban J connectivity index is 1.85. The molecule has 0 aliphatic rings. The summed E-state index contributed by atoms with van der Waals surface area (Å²) in [7, 11) is 0. The number of rotatable bonds is 6. The lowest BCUT2D eigenvalue weighted by Gasteiger charge is -2.07. The number of carboxylic acids is 1. The maximum atomic E-state index is 10.7. The largest absolute Gasteiger partial charge is 0.481 e. The van der Waals surface area contributed by atoms with Crippen molar-refractivity contribution in [2.75, 3.05) is 6.54 Å². The minimum atomic E-state index is -0.724. The molecule has 1 atom stereocenters. The molecule has 2 rings (SSSR count). The van der Waals surface area contributed by atoms with Gasteiger partial charge >= 0.3 is 5.97 Å². The van der Waals surface area contributed by atoms with E-state index >= 15 is 0 Å². The lowest BCUT2D eigenvalue weighted by atomic mass is 10.1. The summed E-state index contributed by atoms with van der Waals surface area (Å²) in [5.41, 5.74) is 1.29. The smallest absolute Gasteiger partial charge is 0.306 e. The number of hydrogen-bond acceptors (Lipinski definition) is 3. The Kier molecular flexibility index (Phi) is 4.33. The highest BCUT2D eigenvalue weighted by Gasteiger charge is 2.09. The molecule has 1 unspecified atom stereocenters. The zero-order chi connectivity index (χ0) is 13.0. The molecule has 2 N–H and O–H groups in total. The number of fused-ring (bicyclic) bond motifs is 1. The molecule has 0 aliphatic carbocycles. The van der Waals surface area contributed by atoms with Crippen molar-refractivity contribution < 1.29 is 9.90 Å². The van der Waals surface area contributed by atoms with Crippen LogP contribution in [-0.4, -0.2) is 17.6 Å². The van der Waals surface area contributed by atoms with Crippen LogP contribution in [0.3, 0.4) is 0 Å². The highest BCUT2D eigenvalue weighted by Crippen LogP contribution is 2.25. The highest BCUT2D eigenvalue weighted by atomic mass is 32.1. The van der Waals surface area contributed by atoms with Gasteiger partial charge in [-0.25, -0.2) is 0 Å². The van der Waals surface area contributed by atoms with E-state index in [1.165, 1.54) is 15.6 Å². The molecule has 0 amide bonds. The van der Waals surface area contributed by atoms with E-state index in [1.54, 1.807) is 18.3 Å². The molecule has 0 fully saturated rings. The standard InChI is InChI=1S/C14H17NO2S/c1-10(14(16)17)6-7-15-8-11-9-18-13-5-3-2-4-12(11)13/h2-5,9-10,15H,6-8H2,1H3,(H,16,17). The summed E-state index contributed by atoms with van der Waals surface area (Å²) in [6.45, 7) is 3.28. The van der Waals surface area contributed by atoms with Gasteiger partial charge in [0.05, 0.1) is 5.92 Å². The fourth-order valence-electron chi connectivity index (χ4n) is 1.83. The van der Waals surface area contributed by atoms with Crippen LogP contribution in [0.15, 0.2) is 29.6 Å². The monoisotopic (exact) mass is 263 g/mol. The van der Waals surface area contributed by atoms with Crippen molar-refractivity contribution in [2.45, 2.75) is 19.9 Å². The van der Waals surface area contributed by atoms with Gasteiger partial charge in [-0.3, -0.25) is 4.79 Å². The summed E-state index contributed by atoms with van der Waals surface area (Å²) in [4.78, 5) is 10.7. The van der Waals surface area contributed by atoms with Crippen LogP contribution in [0.1, 0.15) is 18.9 Å². The molecule has 18 heavy (non-hydrogen) atoms. The van der Waals surface area contributed by atoms with E-state index in [4.69, 9.17) is 5.11 Å². The minimum absolute atomic E-state index is 0.281. The molecule has 0 radical (unpaired) electrons. The average Bonchev–Trinajstić information content (AvgIpc) is 2.77. The number of nitrogens with one attached hydrogen (secondary N) is 1. The van der Waals surface area contributed by atoms with E-state index in [0.717, 1.165) is 13.1 Å². The van der Waals surface area contributed by atoms with Crippen molar-refractivity contribution in [1.82, 2.24) is 5.32 Å². The molecule has 2 aromatic rings. The Morgan fingerprint density at radius 3 is 3.00 bits per heavy atom. The van der Waals surface area contributed by atoms with Crippen molar-refractivity contribution in [2.24, 2.45) is 5.92 Å². The predicted octanol–water partition coefficient (Wildman–Crippen LogP) is 3.10. The van der Waals surface area contributed by atoms with E-state index in [2.05, 4.69) is 22.8 Å². The summed E-state index contributed by atoms with van der Waals surface area (Å²) in [6.07, 6.45) is 0.664. The van der Waals surface area contributed by atoms with E-state index in [-0.39, 0.29) is 5.92 Å². The SMILES string of the molecule is CC(CCNCc1csc2ccccc12)C(=O)O. The van der Waals surface area contributed by atoms with Gasteiger partial charge in [-0.05, 0) is 35.4 Å². The number of hydrogen-bond donors (Lipinski definition) is 2. The van der Waals surface area contributed by atoms with Crippen LogP contribution in [0, 0.1) is 5.92 Å². The van der Waals surface area contributed by atoms with Gasteiger partial charge in [0.2, 0.25) is 0 Å². The molecule has 0 saturated carbocycles. The zero-order valence-corrected chi connectivity index (χ0v) is 11.2. The third-order valence-corrected chi connectivity index (χ3v) is 4.06. The van der Waals surface area contributed by atoms with E-state index in [9.17, 15) is 4.79 Å². The van der Waals surface area contributed by atoms with Crippen molar-refractivity contribution in [3.63, 3.8) is 0 Å². The summed E-state index contributed by atoms with van der Waals surface area (Å²) in [5, 5.41) is 15.5. The number of carbonyl (C=O) groups is 1. The van der Waals surface area contributed by atoms with Crippen LogP contribution in [0.25, 0.3) is 10.1 Å². The summed E-state index contributed by atoms with van der Waals surface area (Å²) < 4.78 is 1.30. The Labute approximate surface area is 110 Å². The quantitative estimate of drug-likeness (QED) is 0.787.